The van der Waals surface area contributed by atoms with Gasteiger partial charge < -0.3 is 14.6 Å². The minimum atomic E-state index is -0.243. The second-order valence-electron chi connectivity index (χ2n) is 5.03. The van der Waals surface area contributed by atoms with Gasteiger partial charge in [-0.3, -0.25) is 9.48 Å². The van der Waals surface area contributed by atoms with Crippen LogP contribution in [0.3, 0.4) is 0 Å². The molecule has 1 aliphatic rings. The third-order valence-corrected chi connectivity index (χ3v) is 3.62. The van der Waals surface area contributed by atoms with E-state index >= 15 is 0 Å². The molecular formula is C14H18N4O3. The van der Waals surface area contributed by atoms with E-state index in [1.165, 1.54) is 6.26 Å². The number of amides is 1. The Bertz CT molecular complexity index is 593. The Morgan fingerprint density at radius 2 is 2.48 bits per heavy atom. The minimum Gasteiger partial charge on any atom is -0.371 e. The number of aromatic nitrogens is 3. The van der Waals surface area contributed by atoms with Crippen LogP contribution in [0.15, 0.2) is 29.2 Å². The van der Waals surface area contributed by atoms with Gasteiger partial charge in [0.25, 0.3) is 5.91 Å². The molecule has 3 rings (SSSR count). The predicted molar refractivity (Wildman–Crippen MR) is 73.6 cm³/mol. The molecule has 0 aromatic carbocycles. The smallest absolute Gasteiger partial charge is 0.273 e. The summed E-state index contributed by atoms with van der Waals surface area (Å²) in [6, 6.07) is 1.46. The Balaban J connectivity index is 1.73. The molecule has 2 atom stereocenters. The van der Waals surface area contributed by atoms with Crippen LogP contribution in [0.4, 0.5) is 0 Å². The van der Waals surface area contributed by atoms with Gasteiger partial charge in [-0.05, 0) is 19.8 Å². The standard InChI is InChI=1S/C14H18N4O3/c1-2-18-9-10(8-15-18)13-11(4-3-6-20-13)16-14(19)12-5-7-21-17-12/h5,7-9,11,13H,2-4,6H2,1H3,(H,16,19)/t11-,13+/m0/s1. The second-order valence-corrected chi connectivity index (χ2v) is 5.03. The van der Waals surface area contributed by atoms with Crippen molar-refractivity contribution in [3.05, 3.63) is 36.0 Å². The fourth-order valence-corrected chi connectivity index (χ4v) is 2.53. The van der Waals surface area contributed by atoms with E-state index in [9.17, 15) is 4.79 Å². The fourth-order valence-electron chi connectivity index (χ4n) is 2.53. The maximum Gasteiger partial charge on any atom is 0.273 e. The Labute approximate surface area is 122 Å². The lowest BCUT2D eigenvalue weighted by Crippen LogP contribution is -2.42. The molecule has 7 heteroatoms. The number of ether oxygens (including phenoxy) is 1. The average molecular weight is 290 g/mol. The summed E-state index contributed by atoms with van der Waals surface area (Å²) in [6.07, 6.45) is 6.76. The Morgan fingerprint density at radius 1 is 1.57 bits per heavy atom. The van der Waals surface area contributed by atoms with E-state index in [1.54, 1.807) is 12.3 Å². The van der Waals surface area contributed by atoms with Gasteiger partial charge in [-0.15, -0.1) is 0 Å². The van der Waals surface area contributed by atoms with Crippen molar-refractivity contribution < 1.29 is 14.1 Å². The van der Waals surface area contributed by atoms with Gasteiger partial charge in [0.1, 0.15) is 12.4 Å². The van der Waals surface area contributed by atoms with Crippen LogP contribution in [0.5, 0.6) is 0 Å². The highest BCUT2D eigenvalue weighted by molar-refractivity contribution is 5.92. The molecule has 2 aromatic heterocycles. The number of hydrogen-bond donors (Lipinski definition) is 1. The molecule has 0 unspecified atom stereocenters. The largest absolute Gasteiger partial charge is 0.371 e. The monoisotopic (exact) mass is 290 g/mol. The van der Waals surface area contributed by atoms with Crippen molar-refractivity contribution in [3.8, 4) is 0 Å². The summed E-state index contributed by atoms with van der Waals surface area (Å²) in [5.41, 5.74) is 1.27. The minimum absolute atomic E-state index is 0.0857. The van der Waals surface area contributed by atoms with E-state index in [4.69, 9.17) is 9.26 Å². The topological polar surface area (TPSA) is 82.2 Å². The Hall–Kier alpha value is -2.15. The third-order valence-electron chi connectivity index (χ3n) is 3.62. The summed E-state index contributed by atoms with van der Waals surface area (Å²) in [6.45, 7) is 3.53. The molecule has 2 aromatic rings. The molecule has 3 heterocycles. The number of nitrogens with one attached hydrogen (secondary N) is 1. The van der Waals surface area contributed by atoms with Crippen LogP contribution in [-0.2, 0) is 11.3 Å². The van der Waals surface area contributed by atoms with Crippen molar-refractivity contribution in [2.75, 3.05) is 6.61 Å². The third kappa shape index (κ3) is 2.97. The zero-order valence-electron chi connectivity index (χ0n) is 11.9. The number of carbonyl (C=O) groups is 1. The normalized spacial score (nSPS) is 22.1. The van der Waals surface area contributed by atoms with E-state index in [-0.39, 0.29) is 23.7 Å². The number of rotatable bonds is 4. The molecule has 7 nitrogen and oxygen atoms in total. The van der Waals surface area contributed by atoms with Gasteiger partial charge in [-0.2, -0.15) is 5.10 Å². The molecule has 1 saturated heterocycles. The second kappa shape index (κ2) is 6.09. The maximum absolute atomic E-state index is 12.1. The lowest BCUT2D eigenvalue weighted by molar-refractivity contribution is -0.00959. The Morgan fingerprint density at radius 3 is 3.19 bits per heavy atom. The van der Waals surface area contributed by atoms with Crippen molar-refractivity contribution in [3.63, 3.8) is 0 Å². The van der Waals surface area contributed by atoms with E-state index in [0.29, 0.717) is 6.61 Å². The van der Waals surface area contributed by atoms with Crippen LogP contribution in [0.1, 0.15) is 41.9 Å². The molecule has 0 saturated carbocycles. The van der Waals surface area contributed by atoms with E-state index < -0.39 is 0 Å². The first-order chi connectivity index (χ1) is 10.3. The number of carbonyl (C=O) groups excluding carboxylic acids is 1. The van der Waals surface area contributed by atoms with Crippen LogP contribution >= 0.6 is 0 Å². The van der Waals surface area contributed by atoms with Crippen molar-refractivity contribution >= 4 is 5.91 Å². The number of nitrogens with zero attached hydrogens (tertiary/aromatic N) is 3. The summed E-state index contributed by atoms with van der Waals surface area (Å²) in [5.74, 6) is -0.243. The summed E-state index contributed by atoms with van der Waals surface area (Å²) in [5, 5.41) is 10.9. The van der Waals surface area contributed by atoms with E-state index in [2.05, 4.69) is 15.6 Å². The molecule has 0 aliphatic carbocycles. The van der Waals surface area contributed by atoms with Crippen molar-refractivity contribution in [1.82, 2.24) is 20.3 Å². The van der Waals surface area contributed by atoms with Gasteiger partial charge in [0, 0.05) is 31.0 Å². The van der Waals surface area contributed by atoms with Crippen LogP contribution in [0.2, 0.25) is 0 Å². The highest BCUT2D eigenvalue weighted by atomic mass is 16.5. The first kappa shape index (κ1) is 13.8. The first-order valence-corrected chi connectivity index (χ1v) is 7.13. The number of aryl methyl sites for hydroxylation is 1. The SMILES string of the molecule is CCn1cc([C@H]2OCCC[C@@H]2NC(=O)c2ccon2)cn1. The molecule has 112 valence electrons. The quantitative estimate of drug-likeness (QED) is 0.923. The number of hydrogen-bond acceptors (Lipinski definition) is 5. The van der Waals surface area contributed by atoms with Gasteiger partial charge in [0.2, 0.25) is 0 Å². The van der Waals surface area contributed by atoms with Crippen molar-refractivity contribution in [1.29, 1.82) is 0 Å². The molecule has 0 bridgehead atoms. The predicted octanol–water partition coefficient (Wildman–Crippen LogP) is 1.54. The Kier molecular flexibility index (Phi) is 4.01. The lowest BCUT2D eigenvalue weighted by atomic mass is 9.98. The fraction of sp³-hybridized carbons (Fsp3) is 0.500. The van der Waals surface area contributed by atoms with Crippen molar-refractivity contribution in [2.45, 2.75) is 38.5 Å². The highest BCUT2D eigenvalue weighted by Gasteiger charge is 2.30. The van der Waals surface area contributed by atoms with Crippen molar-refractivity contribution in [2.24, 2.45) is 0 Å². The van der Waals surface area contributed by atoms with Gasteiger partial charge in [0.05, 0.1) is 12.2 Å². The zero-order chi connectivity index (χ0) is 14.7. The highest BCUT2D eigenvalue weighted by Crippen LogP contribution is 2.28. The van der Waals surface area contributed by atoms with Gasteiger partial charge in [0.15, 0.2) is 5.69 Å². The van der Waals surface area contributed by atoms with Gasteiger partial charge >= 0.3 is 0 Å². The molecule has 1 N–H and O–H groups in total. The van der Waals surface area contributed by atoms with Crippen LogP contribution in [0.25, 0.3) is 0 Å². The zero-order valence-corrected chi connectivity index (χ0v) is 11.9. The molecule has 0 radical (unpaired) electrons. The molecule has 1 fully saturated rings. The van der Waals surface area contributed by atoms with Gasteiger partial charge in [-0.25, -0.2) is 0 Å². The molecular weight excluding hydrogens is 272 g/mol. The molecule has 1 amide bonds. The molecule has 1 aliphatic heterocycles. The maximum atomic E-state index is 12.1. The van der Waals surface area contributed by atoms with Crippen LogP contribution < -0.4 is 5.32 Å². The van der Waals surface area contributed by atoms with Crippen LogP contribution in [0, 0.1) is 0 Å². The molecule has 0 spiro atoms. The summed E-state index contributed by atoms with van der Waals surface area (Å²) in [4.78, 5) is 12.1. The first-order valence-electron chi connectivity index (χ1n) is 7.13. The summed E-state index contributed by atoms with van der Waals surface area (Å²) < 4.78 is 12.4. The van der Waals surface area contributed by atoms with Gasteiger partial charge in [-0.1, -0.05) is 5.16 Å². The lowest BCUT2D eigenvalue weighted by Gasteiger charge is -2.31. The van der Waals surface area contributed by atoms with E-state index in [1.807, 2.05) is 17.8 Å². The average Bonchev–Trinajstić information content (AvgIpc) is 3.19. The molecule has 21 heavy (non-hydrogen) atoms. The summed E-state index contributed by atoms with van der Waals surface area (Å²) >= 11 is 0. The van der Waals surface area contributed by atoms with E-state index in [0.717, 1.165) is 24.9 Å². The van der Waals surface area contributed by atoms with Crippen LogP contribution in [-0.4, -0.2) is 33.5 Å². The summed E-state index contributed by atoms with van der Waals surface area (Å²) in [7, 11) is 0.